The molecule has 0 saturated heterocycles. The van der Waals surface area contributed by atoms with Crippen molar-refractivity contribution in [2.75, 3.05) is 0 Å². The zero-order valence-electron chi connectivity index (χ0n) is 9.90. The van der Waals surface area contributed by atoms with E-state index in [1.807, 2.05) is 0 Å². The van der Waals surface area contributed by atoms with Gasteiger partial charge in [-0.1, -0.05) is 19.0 Å². The minimum atomic E-state index is -0.125. The van der Waals surface area contributed by atoms with E-state index in [1.165, 1.54) is 0 Å². The SMILES string of the molecule is CC(C)CCc1noc(C2CCCC2=O)n1. The van der Waals surface area contributed by atoms with Crippen molar-refractivity contribution >= 4 is 5.78 Å². The average Bonchev–Trinajstić information content (AvgIpc) is 2.83. The van der Waals surface area contributed by atoms with E-state index in [2.05, 4.69) is 24.0 Å². The van der Waals surface area contributed by atoms with Crippen LogP contribution in [0.2, 0.25) is 0 Å². The average molecular weight is 222 g/mol. The Hall–Kier alpha value is -1.19. The molecule has 0 aromatic carbocycles. The molecule has 4 nitrogen and oxygen atoms in total. The van der Waals surface area contributed by atoms with Gasteiger partial charge >= 0.3 is 0 Å². The number of Topliss-reactive ketones (excluding diaryl/α,β-unsaturated/α-hetero) is 1. The molecule has 1 aromatic heterocycles. The predicted octanol–water partition coefficient (Wildman–Crippen LogP) is 2.49. The Bertz CT molecular complexity index is 371. The molecule has 1 aromatic rings. The molecular formula is C12H18N2O2. The number of carbonyl (C=O) groups is 1. The molecule has 0 radical (unpaired) electrons. The third kappa shape index (κ3) is 2.49. The maximum absolute atomic E-state index is 11.5. The van der Waals surface area contributed by atoms with Crippen molar-refractivity contribution < 1.29 is 9.32 Å². The molecule has 1 saturated carbocycles. The van der Waals surface area contributed by atoms with Gasteiger partial charge < -0.3 is 4.52 Å². The van der Waals surface area contributed by atoms with Crippen molar-refractivity contribution in [2.24, 2.45) is 5.92 Å². The molecular weight excluding hydrogens is 204 g/mol. The minimum absolute atomic E-state index is 0.125. The van der Waals surface area contributed by atoms with Gasteiger partial charge in [-0.15, -0.1) is 0 Å². The Morgan fingerprint density at radius 3 is 2.94 bits per heavy atom. The Kier molecular flexibility index (Phi) is 3.36. The van der Waals surface area contributed by atoms with E-state index in [0.29, 0.717) is 18.2 Å². The number of carbonyl (C=O) groups excluding carboxylic acids is 1. The number of hydrogen-bond acceptors (Lipinski definition) is 4. The van der Waals surface area contributed by atoms with E-state index in [-0.39, 0.29) is 11.7 Å². The summed E-state index contributed by atoms with van der Waals surface area (Å²) in [6.07, 6.45) is 4.37. The summed E-state index contributed by atoms with van der Waals surface area (Å²) in [5.41, 5.74) is 0. The quantitative estimate of drug-likeness (QED) is 0.785. The smallest absolute Gasteiger partial charge is 0.237 e. The molecule has 1 fully saturated rings. The van der Waals surface area contributed by atoms with Crippen molar-refractivity contribution in [3.05, 3.63) is 11.7 Å². The van der Waals surface area contributed by atoms with Crippen LogP contribution in [0.1, 0.15) is 57.2 Å². The number of aromatic nitrogens is 2. The molecule has 88 valence electrons. The first-order valence-corrected chi connectivity index (χ1v) is 6.02. The number of aryl methyl sites for hydroxylation is 1. The first-order valence-electron chi connectivity index (χ1n) is 6.02. The van der Waals surface area contributed by atoms with Crippen LogP contribution in [0, 0.1) is 5.92 Å². The highest BCUT2D eigenvalue weighted by atomic mass is 16.5. The van der Waals surface area contributed by atoms with Crippen LogP contribution >= 0.6 is 0 Å². The van der Waals surface area contributed by atoms with Crippen LogP contribution in [-0.4, -0.2) is 15.9 Å². The lowest BCUT2D eigenvalue weighted by Crippen LogP contribution is -2.04. The van der Waals surface area contributed by atoms with Crippen molar-refractivity contribution in [3.8, 4) is 0 Å². The molecule has 2 rings (SSSR count). The highest BCUT2D eigenvalue weighted by Gasteiger charge is 2.30. The Morgan fingerprint density at radius 2 is 2.31 bits per heavy atom. The number of hydrogen-bond donors (Lipinski definition) is 0. The van der Waals surface area contributed by atoms with Crippen molar-refractivity contribution in [3.63, 3.8) is 0 Å². The second kappa shape index (κ2) is 4.76. The zero-order valence-corrected chi connectivity index (χ0v) is 9.90. The van der Waals surface area contributed by atoms with Crippen LogP contribution in [0.25, 0.3) is 0 Å². The molecule has 0 amide bonds. The second-order valence-electron chi connectivity index (χ2n) is 4.89. The minimum Gasteiger partial charge on any atom is -0.339 e. The molecule has 1 aliphatic rings. The summed E-state index contributed by atoms with van der Waals surface area (Å²) < 4.78 is 5.17. The molecule has 1 unspecified atom stereocenters. The Morgan fingerprint density at radius 1 is 1.50 bits per heavy atom. The zero-order chi connectivity index (χ0) is 11.5. The van der Waals surface area contributed by atoms with Gasteiger partial charge in [0.25, 0.3) is 0 Å². The Labute approximate surface area is 95.4 Å². The standard InChI is InChI=1S/C12H18N2O2/c1-8(2)6-7-11-13-12(16-14-11)9-4-3-5-10(9)15/h8-9H,3-7H2,1-2H3. The summed E-state index contributed by atoms with van der Waals surface area (Å²) in [6.45, 7) is 4.34. The third-order valence-electron chi connectivity index (χ3n) is 3.03. The topological polar surface area (TPSA) is 56.0 Å². The summed E-state index contributed by atoms with van der Waals surface area (Å²) in [7, 11) is 0. The van der Waals surface area contributed by atoms with E-state index in [9.17, 15) is 4.79 Å². The monoisotopic (exact) mass is 222 g/mol. The second-order valence-corrected chi connectivity index (χ2v) is 4.89. The molecule has 1 heterocycles. The lowest BCUT2D eigenvalue weighted by molar-refractivity contribution is -0.119. The van der Waals surface area contributed by atoms with Gasteiger partial charge in [0.2, 0.25) is 5.89 Å². The van der Waals surface area contributed by atoms with Gasteiger partial charge in [-0.3, -0.25) is 4.79 Å². The van der Waals surface area contributed by atoms with E-state index >= 15 is 0 Å². The summed E-state index contributed by atoms with van der Waals surface area (Å²) in [5.74, 6) is 2.03. The fourth-order valence-corrected chi connectivity index (χ4v) is 2.01. The first-order chi connectivity index (χ1) is 7.66. The van der Waals surface area contributed by atoms with Crippen LogP contribution in [0.15, 0.2) is 4.52 Å². The summed E-state index contributed by atoms with van der Waals surface area (Å²) >= 11 is 0. The van der Waals surface area contributed by atoms with Gasteiger partial charge in [0.1, 0.15) is 5.78 Å². The molecule has 0 spiro atoms. The van der Waals surface area contributed by atoms with Gasteiger partial charge in [0, 0.05) is 12.8 Å². The van der Waals surface area contributed by atoms with Gasteiger partial charge in [0.05, 0.1) is 5.92 Å². The predicted molar refractivity (Wildman–Crippen MR) is 59.1 cm³/mol. The van der Waals surface area contributed by atoms with Gasteiger partial charge in [-0.05, 0) is 25.2 Å². The fourth-order valence-electron chi connectivity index (χ4n) is 2.01. The number of rotatable bonds is 4. The van der Waals surface area contributed by atoms with Crippen LogP contribution in [0.5, 0.6) is 0 Å². The largest absolute Gasteiger partial charge is 0.339 e. The maximum atomic E-state index is 11.5. The molecule has 0 aliphatic heterocycles. The molecule has 16 heavy (non-hydrogen) atoms. The summed E-state index contributed by atoms with van der Waals surface area (Å²) in [5, 5.41) is 3.93. The molecule has 1 atom stereocenters. The summed E-state index contributed by atoms with van der Waals surface area (Å²) in [4.78, 5) is 15.8. The van der Waals surface area contributed by atoms with Crippen LogP contribution in [0.3, 0.4) is 0 Å². The van der Waals surface area contributed by atoms with Crippen LogP contribution in [0.4, 0.5) is 0 Å². The fraction of sp³-hybridized carbons (Fsp3) is 0.750. The van der Waals surface area contributed by atoms with E-state index in [1.54, 1.807) is 0 Å². The Balaban J connectivity index is 1.99. The van der Waals surface area contributed by atoms with Crippen molar-refractivity contribution in [1.29, 1.82) is 0 Å². The molecule has 0 N–H and O–H groups in total. The van der Waals surface area contributed by atoms with E-state index in [4.69, 9.17) is 4.52 Å². The van der Waals surface area contributed by atoms with Crippen molar-refractivity contribution in [1.82, 2.24) is 10.1 Å². The van der Waals surface area contributed by atoms with E-state index < -0.39 is 0 Å². The van der Waals surface area contributed by atoms with Gasteiger partial charge in [-0.25, -0.2) is 0 Å². The normalized spacial score (nSPS) is 20.9. The highest BCUT2D eigenvalue weighted by molar-refractivity contribution is 5.86. The van der Waals surface area contributed by atoms with Gasteiger partial charge in [-0.2, -0.15) is 4.98 Å². The number of nitrogens with zero attached hydrogens (tertiary/aromatic N) is 2. The van der Waals surface area contributed by atoms with Crippen LogP contribution < -0.4 is 0 Å². The third-order valence-corrected chi connectivity index (χ3v) is 3.03. The lowest BCUT2D eigenvalue weighted by atomic mass is 10.1. The van der Waals surface area contributed by atoms with Crippen molar-refractivity contribution in [2.45, 2.75) is 51.9 Å². The van der Waals surface area contributed by atoms with Gasteiger partial charge in [0.15, 0.2) is 5.82 Å². The molecule has 0 bridgehead atoms. The highest BCUT2D eigenvalue weighted by Crippen LogP contribution is 2.29. The lowest BCUT2D eigenvalue weighted by Gasteiger charge is -2.00. The van der Waals surface area contributed by atoms with E-state index in [0.717, 1.165) is 31.5 Å². The number of ketones is 1. The molecule has 4 heteroatoms. The maximum Gasteiger partial charge on any atom is 0.237 e. The molecule has 1 aliphatic carbocycles. The van der Waals surface area contributed by atoms with Crippen LogP contribution in [-0.2, 0) is 11.2 Å². The first kappa shape index (κ1) is 11.3. The summed E-state index contributed by atoms with van der Waals surface area (Å²) in [6, 6.07) is 0.